The molecular weight excluding hydrogens is 226 g/mol. The summed E-state index contributed by atoms with van der Waals surface area (Å²) < 4.78 is 12.2. The second kappa shape index (κ2) is 4.77. The van der Waals surface area contributed by atoms with E-state index in [0.29, 0.717) is 24.0 Å². The van der Waals surface area contributed by atoms with Gasteiger partial charge in [-0.2, -0.15) is 0 Å². The summed E-state index contributed by atoms with van der Waals surface area (Å²) in [6.45, 7) is 12.0. The number of ether oxygens (including phenoxy) is 2. The maximum atomic E-state index is 6.23. The second-order valence-electron chi connectivity index (χ2n) is 7.19. The van der Waals surface area contributed by atoms with Crippen molar-refractivity contribution in [2.24, 2.45) is 11.8 Å². The van der Waals surface area contributed by atoms with Gasteiger partial charge in [0.2, 0.25) is 0 Å². The van der Waals surface area contributed by atoms with E-state index in [4.69, 9.17) is 9.47 Å². The van der Waals surface area contributed by atoms with Crippen LogP contribution in [0.5, 0.6) is 0 Å². The summed E-state index contributed by atoms with van der Waals surface area (Å²) in [6, 6.07) is 0.388. The van der Waals surface area contributed by atoms with Gasteiger partial charge in [0.15, 0.2) is 0 Å². The Hall–Kier alpha value is -0.120. The Labute approximate surface area is 112 Å². The highest BCUT2D eigenvalue weighted by molar-refractivity contribution is 5.02. The predicted octanol–water partition coefficient (Wildman–Crippen LogP) is 2.59. The molecule has 18 heavy (non-hydrogen) atoms. The van der Waals surface area contributed by atoms with Crippen LogP contribution in [0, 0.1) is 11.8 Å². The molecule has 0 spiro atoms. The number of rotatable bonds is 3. The Bertz CT molecular complexity index is 301. The van der Waals surface area contributed by atoms with Crippen molar-refractivity contribution in [2.45, 2.75) is 70.8 Å². The van der Waals surface area contributed by atoms with Crippen molar-refractivity contribution in [3.63, 3.8) is 0 Å². The van der Waals surface area contributed by atoms with Gasteiger partial charge < -0.3 is 14.8 Å². The van der Waals surface area contributed by atoms with E-state index in [2.05, 4.69) is 47.0 Å². The van der Waals surface area contributed by atoms with E-state index in [0.717, 1.165) is 13.0 Å². The molecule has 2 rings (SSSR count). The van der Waals surface area contributed by atoms with Gasteiger partial charge in [-0.15, -0.1) is 0 Å². The van der Waals surface area contributed by atoms with E-state index in [1.807, 2.05) is 0 Å². The zero-order chi connectivity index (χ0) is 13.6. The van der Waals surface area contributed by atoms with E-state index in [1.54, 1.807) is 0 Å². The first-order valence-electron chi connectivity index (χ1n) is 7.26. The van der Waals surface area contributed by atoms with Crippen molar-refractivity contribution in [1.82, 2.24) is 5.32 Å². The molecule has 2 aliphatic heterocycles. The zero-order valence-corrected chi connectivity index (χ0v) is 12.7. The Kier molecular flexibility index (Phi) is 3.79. The first-order valence-corrected chi connectivity index (χ1v) is 7.26. The Balaban J connectivity index is 2.17. The van der Waals surface area contributed by atoms with Crippen molar-refractivity contribution in [3.05, 3.63) is 0 Å². The molecular formula is C15H29NO2. The molecule has 0 saturated carbocycles. The largest absolute Gasteiger partial charge is 0.376 e. The van der Waals surface area contributed by atoms with Crippen molar-refractivity contribution in [2.75, 3.05) is 13.7 Å². The molecule has 2 fully saturated rings. The lowest BCUT2D eigenvalue weighted by atomic mass is 9.77. The molecule has 0 radical (unpaired) electrons. The lowest BCUT2D eigenvalue weighted by molar-refractivity contribution is -0.0842. The molecule has 106 valence electrons. The van der Waals surface area contributed by atoms with Crippen LogP contribution in [0.25, 0.3) is 0 Å². The lowest BCUT2D eigenvalue weighted by Gasteiger charge is -2.37. The minimum Gasteiger partial charge on any atom is -0.376 e. The molecule has 0 aromatic carbocycles. The summed E-state index contributed by atoms with van der Waals surface area (Å²) in [6.07, 6.45) is 2.61. The van der Waals surface area contributed by atoms with Crippen LogP contribution in [0.2, 0.25) is 0 Å². The summed E-state index contributed by atoms with van der Waals surface area (Å²) in [5.41, 5.74) is -0.103. The number of likely N-dealkylation sites (N-methyl/N-ethyl adjacent to an activating group) is 1. The molecule has 4 unspecified atom stereocenters. The number of hydrogen-bond acceptors (Lipinski definition) is 3. The summed E-state index contributed by atoms with van der Waals surface area (Å²) in [5.74, 6) is 1.14. The van der Waals surface area contributed by atoms with Crippen LogP contribution in [-0.4, -0.2) is 37.0 Å². The smallest absolute Gasteiger partial charge is 0.0758 e. The second-order valence-corrected chi connectivity index (χ2v) is 7.19. The molecule has 2 saturated heterocycles. The molecule has 2 heterocycles. The summed E-state index contributed by atoms with van der Waals surface area (Å²) in [7, 11) is 2.06. The van der Waals surface area contributed by atoms with Gasteiger partial charge in [0, 0.05) is 18.6 Å². The van der Waals surface area contributed by atoms with E-state index < -0.39 is 0 Å². The third kappa shape index (κ3) is 2.59. The van der Waals surface area contributed by atoms with Gasteiger partial charge >= 0.3 is 0 Å². The summed E-state index contributed by atoms with van der Waals surface area (Å²) >= 11 is 0. The van der Waals surface area contributed by atoms with Crippen molar-refractivity contribution >= 4 is 0 Å². The van der Waals surface area contributed by atoms with E-state index in [1.165, 1.54) is 6.42 Å². The number of nitrogens with one attached hydrogen (secondary N) is 1. The van der Waals surface area contributed by atoms with Gasteiger partial charge in [-0.25, -0.2) is 0 Å². The highest BCUT2D eigenvalue weighted by Crippen LogP contribution is 2.45. The molecule has 3 heteroatoms. The standard InChI is InChI=1S/C15H29NO2/c1-10-7-8-17-13(10)12(16-6)11-9-14(2,3)18-15(11,4)5/h10-13,16H,7-9H2,1-6H3. The van der Waals surface area contributed by atoms with Gasteiger partial charge in [0.25, 0.3) is 0 Å². The van der Waals surface area contributed by atoms with Crippen molar-refractivity contribution < 1.29 is 9.47 Å². The first-order chi connectivity index (χ1) is 8.27. The van der Waals surface area contributed by atoms with Crippen LogP contribution >= 0.6 is 0 Å². The van der Waals surface area contributed by atoms with Gasteiger partial charge in [-0.3, -0.25) is 0 Å². The van der Waals surface area contributed by atoms with E-state index in [9.17, 15) is 0 Å². The first kappa shape index (κ1) is 14.3. The summed E-state index contributed by atoms with van der Waals surface area (Å²) in [4.78, 5) is 0. The molecule has 4 atom stereocenters. The molecule has 0 aromatic heterocycles. The molecule has 0 bridgehead atoms. The molecule has 0 aliphatic carbocycles. The van der Waals surface area contributed by atoms with Crippen molar-refractivity contribution in [3.8, 4) is 0 Å². The fourth-order valence-corrected chi connectivity index (χ4v) is 3.93. The van der Waals surface area contributed by atoms with Gasteiger partial charge in [-0.1, -0.05) is 6.92 Å². The lowest BCUT2D eigenvalue weighted by Crippen LogP contribution is -2.51. The number of hydrogen-bond donors (Lipinski definition) is 1. The molecule has 2 aliphatic rings. The van der Waals surface area contributed by atoms with Gasteiger partial charge in [0.05, 0.1) is 17.3 Å². The Morgan fingerprint density at radius 3 is 2.28 bits per heavy atom. The normalized spacial score (nSPS) is 40.0. The van der Waals surface area contributed by atoms with Crippen LogP contribution in [0.1, 0.15) is 47.5 Å². The molecule has 3 nitrogen and oxygen atoms in total. The van der Waals surface area contributed by atoms with E-state index in [-0.39, 0.29) is 11.2 Å². The summed E-state index contributed by atoms with van der Waals surface area (Å²) in [5, 5.41) is 3.50. The predicted molar refractivity (Wildman–Crippen MR) is 73.7 cm³/mol. The molecule has 1 N–H and O–H groups in total. The van der Waals surface area contributed by atoms with Crippen LogP contribution in [0.15, 0.2) is 0 Å². The third-order valence-corrected chi connectivity index (χ3v) is 4.71. The molecule has 0 amide bonds. The quantitative estimate of drug-likeness (QED) is 0.841. The third-order valence-electron chi connectivity index (χ3n) is 4.71. The minimum absolute atomic E-state index is 0.0227. The molecule has 0 aromatic rings. The highest BCUT2D eigenvalue weighted by Gasteiger charge is 2.51. The Morgan fingerprint density at radius 1 is 1.22 bits per heavy atom. The van der Waals surface area contributed by atoms with Crippen LogP contribution in [0.4, 0.5) is 0 Å². The minimum atomic E-state index is -0.0805. The Morgan fingerprint density at radius 2 is 1.89 bits per heavy atom. The maximum Gasteiger partial charge on any atom is 0.0758 e. The van der Waals surface area contributed by atoms with Crippen LogP contribution in [-0.2, 0) is 9.47 Å². The average molecular weight is 255 g/mol. The van der Waals surface area contributed by atoms with Gasteiger partial charge in [-0.05, 0) is 53.5 Å². The van der Waals surface area contributed by atoms with Crippen LogP contribution in [0.3, 0.4) is 0 Å². The van der Waals surface area contributed by atoms with Crippen LogP contribution < -0.4 is 5.32 Å². The van der Waals surface area contributed by atoms with Crippen molar-refractivity contribution in [1.29, 1.82) is 0 Å². The van der Waals surface area contributed by atoms with Gasteiger partial charge in [0.1, 0.15) is 0 Å². The average Bonchev–Trinajstić information content (AvgIpc) is 2.71. The maximum absolute atomic E-state index is 6.23. The fourth-order valence-electron chi connectivity index (χ4n) is 3.93. The SMILES string of the molecule is CNC(C1OCCC1C)C1CC(C)(C)OC1(C)C. The highest BCUT2D eigenvalue weighted by atomic mass is 16.5. The zero-order valence-electron chi connectivity index (χ0n) is 12.7. The van der Waals surface area contributed by atoms with E-state index >= 15 is 0 Å². The monoisotopic (exact) mass is 255 g/mol. The fraction of sp³-hybridized carbons (Fsp3) is 1.00. The topological polar surface area (TPSA) is 30.5 Å².